The summed E-state index contributed by atoms with van der Waals surface area (Å²) in [6.45, 7) is 3.67. The molecule has 0 unspecified atom stereocenters. The van der Waals surface area contributed by atoms with Gasteiger partial charge in [-0.15, -0.1) is 0 Å². The van der Waals surface area contributed by atoms with Crippen LogP contribution >= 0.6 is 11.6 Å². The van der Waals surface area contributed by atoms with E-state index in [1.165, 1.54) is 0 Å². The number of nitrogens with one attached hydrogen (secondary N) is 1. The molecule has 0 saturated carbocycles. The van der Waals surface area contributed by atoms with E-state index in [0.29, 0.717) is 16.4 Å². The van der Waals surface area contributed by atoms with Crippen molar-refractivity contribution in [2.24, 2.45) is 0 Å². The molecule has 26 heavy (non-hydrogen) atoms. The van der Waals surface area contributed by atoms with Gasteiger partial charge >= 0.3 is 0 Å². The molecule has 0 spiro atoms. The van der Waals surface area contributed by atoms with Gasteiger partial charge in [0.05, 0.1) is 5.69 Å². The van der Waals surface area contributed by atoms with Gasteiger partial charge in [0, 0.05) is 16.8 Å². The van der Waals surface area contributed by atoms with E-state index in [9.17, 15) is 14.7 Å². The van der Waals surface area contributed by atoms with Gasteiger partial charge in [0.15, 0.2) is 11.4 Å². The van der Waals surface area contributed by atoms with Crippen LogP contribution in [0.3, 0.4) is 0 Å². The summed E-state index contributed by atoms with van der Waals surface area (Å²) in [7, 11) is 0. The molecule has 3 aromatic rings. The Labute approximate surface area is 154 Å². The standard InChI is InChI=1S/C19H16ClN3O3/c1-11-4-3-5-14(8-11)23-17(25)10-16(24)18(22-23)19(26)21-15-7-6-13(20)9-12(15)2/h3-10,24H,1-2H3,(H,21,26). The number of amides is 1. The number of aromatic nitrogens is 2. The van der Waals surface area contributed by atoms with E-state index in [4.69, 9.17) is 11.6 Å². The van der Waals surface area contributed by atoms with Gasteiger partial charge in [-0.1, -0.05) is 23.7 Å². The fourth-order valence-corrected chi connectivity index (χ4v) is 2.73. The lowest BCUT2D eigenvalue weighted by Gasteiger charge is -2.11. The van der Waals surface area contributed by atoms with Crippen molar-refractivity contribution >= 4 is 23.2 Å². The van der Waals surface area contributed by atoms with Gasteiger partial charge in [0.25, 0.3) is 11.5 Å². The summed E-state index contributed by atoms with van der Waals surface area (Å²) in [4.78, 5) is 24.7. The Kier molecular flexibility index (Phi) is 4.77. The van der Waals surface area contributed by atoms with Crippen molar-refractivity contribution in [3.05, 3.63) is 80.7 Å². The lowest BCUT2D eigenvalue weighted by atomic mass is 10.2. The lowest BCUT2D eigenvalue weighted by molar-refractivity contribution is 0.101. The molecule has 132 valence electrons. The fraction of sp³-hybridized carbons (Fsp3) is 0.105. The summed E-state index contributed by atoms with van der Waals surface area (Å²) < 4.78 is 1.08. The number of aryl methyl sites for hydroxylation is 2. The summed E-state index contributed by atoms with van der Waals surface area (Å²) in [6, 6.07) is 13.1. The number of carbonyl (C=O) groups excluding carboxylic acids is 1. The Hall–Kier alpha value is -3.12. The molecule has 2 N–H and O–H groups in total. The number of benzene rings is 2. The molecule has 0 saturated heterocycles. The SMILES string of the molecule is Cc1cccc(-n2nc(C(=O)Nc3ccc(Cl)cc3C)c(O)cc2=O)c1. The number of nitrogens with zero attached hydrogens (tertiary/aromatic N) is 2. The first-order valence-electron chi connectivity index (χ1n) is 7.83. The highest BCUT2D eigenvalue weighted by molar-refractivity contribution is 6.30. The lowest BCUT2D eigenvalue weighted by Crippen LogP contribution is -2.25. The number of carbonyl (C=O) groups is 1. The Morgan fingerprint density at radius 3 is 2.62 bits per heavy atom. The first-order chi connectivity index (χ1) is 12.3. The Morgan fingerprint density at radius 1 is 1.15 bits per heavy atom. The van der Waals surface area contributed by atoms with E-state index in [1.54, 1.807) is 43.3 Å². The maximum Gasteiger partial charge on any atom is 0.279 e. The second-order valence-corrected chi connectivity index (χ2v) is 6.32. The smallest absolute Gasteiger partial charge is 0.279 e. The van der Waals surface area contributed by atoms with Crippen LogP contribution in [0.5, 0.6) is 5.75 Å². The van der Waals surface area contributed by atoms with Crippen LogP contribution in [-0.2, 0) is 0 Å². The van der Waals surface area contributed by atoms with Crippen LogP contribution in [0, 0.1) is 13.8 Å². The fourth-order valence-electron chi connectivity index (χ4n) is 2.50. The quantitative estimate of drug-likeness (QED) is 0.740. The highest BCUT2D eigenvalue weighted by atomic mass is 35.5. The highest BCUT2D eigenvalue weighted by Crippen LogP contribution is 2.21. The molecule has 2 aromatic carbocycles. The molecule has 0 fully saturated rings. The van der Waals surface area contributed by atoms with Gasteiger partial charge in [0.2, 0.25) is 0 Å². The molecule has 0 bridgehead atoms. The molecule has 3 rings (SSSR count). The van der Waals surface area contributed by atoms with Crippen LogP contribution in [0.4, 0.5) is 5.69 Å². The van der Waals surface area contributed by atoms with E-state index in [-0.39, 0.29) is 5.69 Å². The summed E-state index contributed by atoms with van der Waals surface area (Å²) >= 11 is 5.91. The third kappa shape index (κ3) is 3.60. The molecule has 0 atom stereocenters. The van der Waals surface area contributed by atoms with E-state index in [0.717, 1.165) is 21.9 Å². The summed E-state index contributed by atoms with van der Waals surface area (Å²) in [5, 5.41) is 17.3. The Morgan fingerprint density at radius 2 is 1.92 bits per heavy atom. The molecular formula is C19H16ClN3O3. The maximum absolute atomic E-state index is 12.6. The minimum atomic E-state index is -0.630. The van der Waals surface area contributed by atoms with Crippen molar-refractivity contribution in [1.82, 2.24) is 9.78 Å². The van der Waals surface area contributed by atoms with Crippen molar-refractivity contribution in [2.75, 3.05) is 5.32 Å². The zero-order valence-electron chi connectivity index (χ0n) is 14.2. The minimum absolute atomic E-state index is 0.250. The van der Waals surface area contributed by atoms with Crippen molar-refractivity contribution in [2.45, 2.75) is 13.8 Å². The van der Waals surface area contributed by atoms with Gasteiger partial charge in [-0.25, -0.2) is 0 Å². The molecular weight excluding hydrogens is 354 g/mol. The molecule has 1 amide bonds. The van der Waals surface area contributed by atoms with Crippen molar-refractivity contribution < 1.29 is 9.90 Å². The minimum Gasteiger partial charge on any atom is -0.505 e. The average molecular weight is 370 g/mol. The molecule has 0 aliphatic rings. The molecule has 7 heteroatoms. The summed E-state index contributed by atoms with van der Waals surface area (Å²) in [5.41, 5.74) is 1.96. The topological polar surface area (TPSA) is 84.2 Å². The third-order valence-electron chi connectivity index (χ3n) is 3.81. The van der Waals surface area contributed by atoms with Crippen molar-refractivity contribution in [1.29, 1.82) is 0 Å². The third-order valence-corrected chi connectivity index (χ3v) is 4.04. The van der Waals surface area contributed by atoms with Crippen LogP contribution in [-0.4, -0.2) is 20.8 Å². The first kappa shape index (κ1) is 17.7. The van der Waals surface area contributed by atoms with Gasteiger partial charge < -0.3 is 10.4 Å². The molecule has 6 nitrogen and oxygen atoms in total. The highest BCUT2D eigenvalue weighted by Gasteiger charge is 2.18. The van der Waals surface area contributed by atoms with Crippen LogP contribution < -0.4 is 10.9 Å². The number of hydrogen-bond acceptors (Lipinski definition) is 4. The largest absolute Gasteiger partial charge is 0.505 e. The van der Waals surface area contributed by atoms with Crippen LogP contribution in [0.15, 0.2) is 53.3 Å². The molecule has 1 heterocycles. The Balaban J connectivity index is 2.00. The van der Waals surface area contributed by atoms with Crippen molar-refractivity contribution in [3.63, 3.8) is 0 Å². The van der Waals surface area contributed by atoms with E-state index >= 15 is 0 Å². The predicted octanol–water partition coefficient (Wildman–Crippen LogP) is 3.46. The van der Waals surface area contributed by atoms with Gasteiger partial charge in [-0.05, 0) is 55.3 Å². The predicted molar refractivity (Wildman–Crippen MR) is 100 cm³/mol. The summed E-state index contributed by atoms with van der Waals surface area (Å²) in [6.07, 6.45) is 0. The summed E-state index contributed by atoms with van der Waals surface area (Å²) in [5.74, 6) is -1.11. The number of halogens is 1. The number of rotatable bonds is 3. The van der Waals surface area contributed by atoms with Crippen LogP contribution in [0.25, 0.3) is 5.69 Å². The maximum atomic E-state index is 12.6. The molecule has 1 aromatic heterocycles. The van der Waals surface area contributed by atoms with Crippen LogP contribution in [0.2, 0.25) is 5.02 Å². The average Bonchev–Trinajstić information content (AvgIpc) is 2.57. The zero-order valence-corrected chi connectivity index (χ0v) is 14.9. The number of anilines is 1. The normalized spacial score (nSPS) is 10.6. The van der Waals surface area contributed by atoms with E-state index in [1.807, 2.05) is 13.0 Å². The van der Waals surface area contributed by atoms with Crippen molar-refractivity contribution in [3.8, 4) is 11.4 Å². The van der Waals surface area contributed by atoms with E-state index < -0.39 is 17.2 Å². The van der Waals surface area contributed by atoms with Gasteiger partial charge in [-0.3, -0.25) is 9.59 Å². The second kappa shape index (κ2) is 7.01. The van der Waals surface area contributed by atoms with Gasteiger partial charge in [0.1, 0.15) is 0 Å². The Bertz CT molecular complexity index is 1060. The number of hydrogen-bond donors (Lipinski definition) is 2. The molecule has 0 radical (unpaired) electrons. The van der Waals surface area contributed by atoms with E-state index in [2.05, 4.69) is 10.4 Å². The van der Waals surface area contributed by atoms with Gasteiger partial charge in [-0.2, -0.15) is 9.78 Å². The monoisotopic (exact) mass is 369 g/mol. The molecule has 0 aliphatic heterocycles. The zero-order chi connectivity index (χ0) is 18.8. The van der Waals surface area contributed by atoms with Crippen LogP contribution in [0.1, 0.15) is 21.6 Å². The first-order valence-corrected chi connectivity index (χ1v) is 8.21. The molecule has 0 aliphatic carbocycles. The number of aromatic hydroxyl groups is 1. The second-order valence-electron chi connectivity index (χ2n) is 5.88.